The topological polar surface area (TPSA) is 102 Å². The third-order valence-electron chi connectivity index (χ3n) is 2.18. The quantitative estimate of drug-likeness (QED) is 0.510. The van der Waals surface area contributed by atoms with Crippen molar-refractivity contribution in [1.29, 1.82) is 0 Å². The zero-order chi connectivity index (χ0) is 12.0. The average Bonchev–Trinajstić information content (AvgIpc) is 2.29. The van der Waals surface area contributed by atoms with E-state index in [0.29, 0.717) is 0 Å². The maximum Gasteiger partial charge on any atom is 0.270 e. The van der Waals surface area contributed by atoms with Crippen LogP contribution in [0, 0.1) is 0 Å². The SMILES string of the molecule is O=C1CCC(C(=O)N(CCO)CCO)=NN1. The van der Waals surface area contributed by atoms with Gasteiger partial charge in [-0.2, -0.15) is 5.10 Å². The van der Waals surface area contributed by atoms with Crippen molar-refractivity contribution >= 4 is 17.5 Å². The summed E-state index contributed by atoms with van der Waals surface area (Å²) in [4.78, 5) is 23.9. The Morgan fingerprint density at radius 1 is 1.31 bits per heavy atom. The molecule has 0 bridgehead atoms. The molecule has 0 spiro atoms. The molecule has 0 unspecified atom stereocenters. The van der Waals surface area contributed by atoms with Crippen molar-refractivity contribution in [3.8, 4) is 0 Å². The Kier molecular flexibility index (Phi) is 4.87. The highest BCUT2D eigenvalue weighted by Gasteiger charge is 2.22. The Labute approximate surface area is 92.7 Å². The lowest BCUT2D eigenvalue weighted by atomic mass is 10.1. The summed E-state index contributed by atoms with van der Waals surface area (Å²) in [6.45, 7) is -0.0600. The number of hydrogen-bond acceptors (Lipinski definition) is 5. The molecule has 1 aliphatic heterocycles. The molecule has 1 rings (SSSR count). The monoisotopic (exact) mass is 229 g/mol. The highest BCUT2D eigenvalue weighted by molar-refractivity contribution is 6.39. The minimum absolute atomic E-state index is 0.145. The van der Waals surface area contributed by atoms with Crippen LogP contribution in [0.4, 0.5) is 0 Å². The average molecular weight is 229 g/mol. The van der Waals surface area contributed by atoms with E-state index in [2.05, 4.69) is 10.5 Å². The molecule has 0 aromatic rings. The summed E-state index contributed by atoms with van der Waals surface area (Å²) < 4.78 is 0. The van der Waals surface area contributed by atoms with Gasteiger partial charge in [0.1, 0.15) is 5.71 Å². The Morgan fingerprint density at radius 2 is 1.94 bits per heavy atom. The number of hydrazone groups is 1. The van der Waals surface area contributed by atoms with E-state index >= 15 is 0 Å². The first-order valence-electron chi connectivity index (χ1n) is 5.05. The van der Waals surface area contributed by atoms with Gasteiger partial charge in [0.05, 0.1) is 13.2 Å². The van der Waals surface area contributed by atoms with Crippen molar-refractivity contribution in [1.82, 2.24) is 10.3 Å². The summed E-state index contributed by atoms with van der Waals surface area (Å²) in [5.74, 6) is -0.574. The molecule has 90 valence electrons. The summed E-state index contributed by atoms with van der Waals surface area (Å²) in [7, 11) is 0. The van der Waals surface area contributed by atoms with E-state index < -0.39 is 0 Å². The van der Waals surface area contributed by atoms with Gasteiger partial charge in [-0.3, -0.25) is 9.59 Å². The molecule has 0 radical (unpaired) electrons. The first-order chi connectivity index (χ1) is 7.69. The van der Waals surface area contributed by atoms with E-state index in [1.807, 2.05) is 0 Å². The predicted molar refractivity (Wildman–Crippen MR) is 55.6 cm³/mol. The zero-order valence-corrected chi connectivity index (χ0v) is 8.85. The third kappa shape index (κ3) is 3.28. The lowest BCUT2D eigenvalue weighted by Crippen LogP contribution is -2.42. The smallest absolute Gasteiger partial charge is 0.270 e. The van der Waals surface area contributed by atoms with Gasteiger partial charge in [0, 0.05) is 25.9 Å². The van der Waals surface area contributed by atoms with Crippen molar-refractivity contribution in [3.63, 3.8) is 0 Å². The molecule has 3 N–H and O–H groups in total. The second-order valence-corrected chi connectivity index (χ2v) is 3.33. The van der Waals surface area contributed by atoms with Crippen LogP contribution in [0.1, 0.15) is 12.8 Å². The van der Waals surface area contributed by atoms with Gasteiger partial charge in [0.25, 0.3) is 5.91 Å². The molecule has 0 saturated carbocycles. The molecule has 7 nitrogen and oxygen atoms in total. The summed E-state index contributed by atoms with van der Waals surface area (Å²) in [6.07, 6.45) is 0.523. The van der Waals surface area contributed by atoms with Crippen LogP contribution in [-0.4, -0.2) is 58.9 Å². The van der Waals surface area contributed by atoms with Crippen molar-refractivity contribution in [2.45, 2.75) is 12.8 Å². The molecule has 0 atom stereocenters. The molecule has 0 aromatic heterocycles. The zero-order valence-electron chi connectivity index (χ0n) is 8.85. The normalized spacial score (nSPS) is 15.4. The number of aliphatic hydroxyl groups excluding tert-OH is 2. The molecule has 2 amide bonds. The van der Waals surface area contributed by atoms with Crippen molar-refractivity contribution < 1.29 is 19.8 Å². The molecule has 0 aliphatic carbocycles. The lowest BCUT2D eigenvalue weighted by Gasteiger charge is -2.22. The van der Waals surface area contributed by atoms with Gasteiger partial charge in [-0.25, -0.2) is 5.43 Å². The van der Waals surface area contributed by atoms with Gasteiger partial charge in [-0.15, -0.1) is 0 Å². The number of hydrogen-bond donors (Lipinski definition) is 3. The van der Waals surface area contributed by atoms with Gasteiger partial charge in [-0.05, 0) is 0 Å². The molecule has 0 fully saturated rings. The first kappa shape index (κ1) is 12.6. The van der Waals surface area contributed by atoms with Gasteiger partial charge >= 0.3 is 0 Å². The van der Waals surface area contributed by atoms with E-state index in [-0.39, 0.29) is 56.7 Å². The Bertz CT molecular complexity index is 297. The number of carbonyl (C=O) groups excluding carboxylic acids is 2. The van der Waals surface area contributed by atoms with E-state index in [9.17, 15) is 9.59 Å². The minimum Gasteiger partial charge on any atom is -0.395 e. The maximum absolute atomic E-state index is 11.8. The number of amides is 2. The second-order valence-electron chi connectivity index (χ2n) is 3.33. The highest BCUT2D eigenvalue weighted by Crippen LogP contribution is 2.03. The molecule has 1 aliphatic rings. The van der Waals surface area contributed by atoms with Crippen LogP contribution in [0.15, 0.2) is 5.10 Å². The molecule has 16 heavy (non-hydrogen) atoms. The molecule has 0 aromatic carbocycles. The third-order valence-corrected chi connectivity index (χ3v) is 2.18. The van der Waals surface area contributed by atoms with Gasteiger partial charge in [-0.1, -0.05) is 0 Å². The summed E-state index contributed by atoms with van der Waals surface area (Å²) >= 11 is 0. The molecular formula is C9H15N3O4. The second kappa shape index (κ2) is 6.19. The number of nitrogens with zero attached hydrogens (tertiary/aromatic N) is 2. The van der Waals surface area contributed by atoms with Gasteiger partial charge in [0.15, 0.2) is 0 Å². The molecule has 0 saturated heterocycles. The van der Waals surface area contributed by atoms with E-state index in [0.717, 1.165) is 0 Å². The van der Waals surface area contributed by atoms with Crippen LogP contribution < -0.4 is 5.43 Å². The Hall–Kier alpha value is -1.47. The molecular weight excluding hydrogens is 214 g/mol. The fourth-order valence-corrected chi connectivity index (χ4v) is 1.37. The minimum atomic E-state index is -0.358. The number of aliphatic hydroxyl groups is 2. The van der Waals surface area contributed by atoms with Crippen molar-refractivity contribution in [2.75, 3.05) is 26.3 Å². The highest BCUT2D eigenvalue weighted by atomic mass is 16.3. The van der Waals surface area contributed by atoms with Gasteiger partial charge in [0.2, 0.25) is 5.91 Å². The maximum atomic E-state index is 11.8. The number of nitrogens with one attached hydrogen (secondary N) is 1. The predicted octanol–water partition coefficient (Wildman–Crippen LogP) is -1.93. The summed E-state index contributed by atoms with van der Waals surface area (Å²) in [5.41, 5.74) is 2.48. The van der Waals surface area contributed by atoms with Crippen LogP contribution in [-0.2, 0) is 9.59 Å². The number of carbonyl (C=O) groups is 2. The lowest BCUT2D eigenvalue weighted by molar-refractivity contribution is -0.125. The number of rotatable bonds is 5. The fourth-order valence-electron chi connectivity index (χ4n) is 1.37. The van der Waals surface area contributed by atoms with Crippen LogP contribution in [0.2, 0.25) is 0 Å². The molecule has 1 heterocycles. The standard InChI is InChI=1S/C9H15N3O4/c13-5-3-12(4-6-14)9(16)7-1-2-8(15)11-10-7/h13-14H,1-6H2,(H,11,15). The fraction of sp³-hybridized carbons (Fsp3) is 0.667. The van der Waals surface area contributed by atoms with Crippen LogP contribution in [0.3, 0.4) is 0 Å². The van der Waals surface area contributed by atoms with Crippen LogP contribution >= 0.6 is 0 Å². The largest absolute Gasteiger partial charge is 0.395 e. The van der Waals surface area contributed by atoms with Crippen molar-refractivity contribution in [3.05, 3.63) is 0 Å². The Morgan fingerprint density at radius 3 is 2.38 bits per heavy atom. The first-order valence-corrected chi connectivity index (χ1v) is 5.05. The van der Waals surface area contributed by atoms with Crippen LogP contribution in [0.5, 0.6) is 0 Å². The van der Waals surface area contributed by atoms with E-state index in [4.69, 9.17) is 10.2 Å². The van der Waals surface area contributed by atoms with E-state index in [1.165, 1.54) is 4.90 Å². The van der Waals surface area contributed by atoms with E-state index in [1.54, 1.807) is 0 Å². The molecule has 7 heteroatoms. The summed E-state index contributed by atoms with van der Waals surface area (Å²) in [6, 6.07) is 0. The van der Waals surface area contributed by atoms with Crippen molar-refractivity contribution in [2.24, 2.45) is 5.10 Å². The summed E-state index contributed by atoms with van der Waals surface area (Å²) in [5, 5.41) is 21.2. The van der Waals surface area contributed by atoms with Crippen LogP contribution in [0.25, 0.3) is 0 Å². The van der Waals surface area contributed by atoms with Gasteiger partial charge < -0.3 is 15.1 Å². The Balaban J connectivity index is 2.63.